The average Bonchev–Trinajstić information content (AvgIpc) is 2.57. The van der Waals surface area contributed by atoms with Crippen molar-refractivity contribution in [1.82, 2.24) is 4.98 Å². The maximum atomic E-state index is 12.9. The molecule has 2 N–H and O–H groups in total. The summed E-state index contributed by atoms with van der Waals surface area (Å²) in [5.41, 5.74) is 1.96. The molecule has 0 aliphatic carbocycles. The molecule has 0 radical (unpaired) electrons. The summed E-state index contributed by atoms with van der Waals surface area (Å²) in [5, 5.41) is 6.45. The van der Waals surface area contributed by atoms with Gasteiger partial charge in [0.1, 0.15) is 11.6 Å². The van der Waals surface area contributed by atoms with Crippen molar-refractivity contribution in [2.45, 2.75) is 0 Å². The van der Waals surface area contributed by atoms with Crippen LogP contribution >= 0.6 is 11.6 Å². The largest absolute Gasteiger partial charge is 0.354 e. The second-order valence-electron chi connectivity index (χ2n) is 5.03. The lowest BCUT2D eigenvalue weighted by molar-refractivity contribution is 0.102. The first kappa shape index (κ1) is 16.0. The first-order chi connectivity index (χ1) is 11.6. The first-order valence-electron chi connectivity index (χ1n) is 7.16. The molecule has 6 heteroatoms. The van der Waals surface area contributed by atoms with Gasteiger partial charge in [-0.3, -0.25) is 4.79 Å². The van der Waals surface area contributed by atoms with Gasteiger partial charge >= 0.3 is 0 Å². The minimum Gasteiger partial charge on any atom is -0.354 e. The molecule has 2 aromatic carbocycles. The molecule has 1 heterocycles. The lowest BCUT2D eigenvalue weighted by Crippen LogP contribution is -2.12. The highest BCUT2D eigenvalue weighted by Crippen LogP contribution is 2.20. The van der Waals surface area contributed by atoms with Crippen molar-refractivity contribution in [1.29, 1.82) is 0 Å². The van der Waals surface area contributed by atoms with Gasteiger partial charge in [0.2, 0.25) is 0 Å². The van der Waals surface area contributed by atoms with Gasteiger partial charge in [-0.25, -0.2) is 9.37 Å². The van der Waals surface area contributed by atoms with Gasteiger partial charge in [-0.2, -0.15) is 0 Å². The topological polar surface area (TPSA) is 54.0 Å². The minimum absolute atomic E-state index is 0.349. The van der Waals surface area contributed by atoms with Gasteiger partial charge < -0.3 is 10.6 Å². The van der Waals surface area contributed by atoms with Crippen LogP contribution in [0.25, 0.3) is 0 Å². The van der Waals surface area contributed by atoms with Crippen LogP contribution in [0.2, 0.25) is 5.02 Å². The van der Waals surface area contributed by atoms with E-state index in [9.17, 15) is 9.18 Å². The first-order valence-corrected chi connectivity index (χ1v) is 7.53. The summed E-state index contributed by atoms with van der Waals surface area (Å²) in [4.78, 5) is 16.2. The Hall–Kier alpha value is -2.92. The SMILES string of the molecule is O=C(Nc1ccc(Nc2cccc(Cl)c2)cn1)c1ccc(F)cc1. The third kappa shape index (κ3) is 4.08. The summed E-state index contributed by atoms with van der Waals surface area (Å²) in [6.45, 7) is 0. The van der Waals surface area contributed by atoms with Crippen molar-refractivity contribution in [3.63, 3.8) is 0 Å². The zero-order chi connectivity index (χ0) is 16.9. The summed E-state index contributed by atoms with van der Waals surface area (Å²) < 4.78 is 12.9. The number of carbonyl (C=O) groups excluding carboxylic acids is 1. The van der Waals surface area contributed by atoms with Crippen molar-refractivity contribution < 1.29 is 9.18 Å². The highest BCUT2D eigenvalue weighted by Gasteiger charge is 2.07. The molecule has 0 fully saturated rings. The lowest BCUT2D eigenvalue weighted by atomic mass is 10.2. The number of nitrogens with zero attached hydrogens (tertiary/aromatic N) is 1. The van der Waals surface area contributed by atoms with Crippen molar-refractivity contribution in [3.05, 3.63) is 83.3 Å². The number of aromatic nitrogens is 1. The van der Waals surface area contributed by atoms with E-state index < -0.39 is 0 Å². The van der Waals surface area contributed by atoms with Crippen LogP contribution in [0.4, 0.5) is 21.6 Å². The smallest absolute Gasteiger partial charge is 0.256 e. The van der Waals surface area contributed by atoms with Crippen LogP contribution < -0.4 is 10.6 Å². The number of benzene rings is 2. The fraction of sp³-hybridized carbons (Fsp3) is 0. The van der Waals surface area contributed by atoms with E-state index in [1.54, 1.807) is 30.5 Å². The maximum absolute atomic E-state index is 12.9. The Morgan fingerprint density at radius 3 is 2.46 bits per heavy atom. The van der Waals surface area contributed by atoms with Crippen molar-refractivity contribution in [2.75, 3.05) is 10.6 Å². The Balaban J connectivity index is 1.66. The quantitative estimate of drug-likeness (QED) is 0.711. The minimum atomic E-state index is -0.388. The number of hydrogen-bond donors (Lipinski definition) is 2. The summed E-state index contributed by atoms with van der Waals surface area (Å²) in [7, 11) is 0. The van der Waals surface area contributed by atoms with Crippen LogP contribution in [0, 0.1) is 5.82 Å². The zero-order valence-electron chi connectivity index (χ0n) is 12.5. The lowest BCUT2D eigenvalue weighted by Gasteiger charge is -2.08. The molecule has 1 aromatic heterocycles. The Labute approximate surface area is 143 Å². The van der Waals surface area contributed by atoms with E-state index >= 15 is 0 Å². The Morgan fingerprint density at radius 2 is 1.79 bits per heavy atom. The van der Waals surface area contributed by atoms with E-state index in [2.05, 4.69) is 15.6 Å². The fourth-order valence-electron chi connectivity index (χ4n) is 2.06. The molecular weight excluding hydrogens is 329 g/mol. The van der Waals surface area contributed by atoms with Gasteiger partial charge in [-0.15, -0.1) is 0 Å². The van der Waals surface area contributed by atoms with E-state index in [4.69, 9.17) is 11.6 Å². The van der Waals surface area contributed by atoms with Crippen molar-refractivity contribution in [2.24, 2.45) is 0 Å². The van der Waals surface area contributed by atoms with Crippen LogP contribution in [-0.2, 0) is 0 Å². The Morgan fingerprint density at radius 1 is 1.00 bits per heavy atom. The molecule has 0 unspecified atom stereocenters. The predicted molar refractivity (Wildman–Crippen MR) is 93.3 cm³/mol. The molecule has 0 spiro atoms. The molecular formula is C18H13ClFN3O. The van der Waals surface area contributed by atoms with Crippen LogP contribution in [0.1, 0.15) is 10.4 Å². The molecule has 0 bridgehead atoms. The number of halogens is 2. The number of amides is 1. The highest BCUT2D eigenvalue weighted by atomic mass is 35.5. The van der Waals surface area contributed by atoms with Gasteiger partial charge in [0.15, 0.2) is 0 Å². The molecule has 0 saturated carbocycles. The van der Waals surface area contributed by atoms with Gasteiger partial charge in [-0.05, 0) is 54.6 Å². The summed E-state index contributed by atoms with van der Waals surface area (Å²) in [6, 6.07) is 16.1. The fourth-order valence-corrected chi connectivity index (χ4v) is 2.25. The number of carbonyl (C=O) groups is 1. The number of hydrogen-bond acceptors (Lipinski definition) is 3. The van der Waals surface area contributed by atoms with Crippen LogP contribution in [0.3, 0.4) is 0 Å². The number of anilines is 3. The Bertz CT molecular complexity index is 851. The molecule has 0 aliphatic rings. The average molecular weight is 342 g/mol. The molecule has 3 rings (SSSR count). The summed E-state index contributed by atoms with van der Waals surface area (Å²) in [5.74, 6) is -0.333. The molecule has 1 amide bonds. The summed E-state index contributed by atoms with van der Waals surface area (Å²) >= 11 is 5.93. The number of nitrogens with one attached hydrogen (secondary N) is 2. The number of rotatable bonds is 4. The van der Waals surface area contributed by atoms with E-state index in [0.717, 1.165) is 11.4 Å². The predicted octanol–water partition coefficient (Wildman–Crippen LogP) is 4.87. The Kier molecular flexibility index (Phi) is 4.72. The summed E-state index contributed by atoms with van der Waals surface area (Å²) in [6.07, 6.45) is 1.60. The third-order valence-corrected chi connectivity index (χ3v) is 3.46. The maximum Gasteiger partial charge on any atom is 0.256 e. The van der Waals surface area contributed by atoms with E-state index in [-0.39, 0.29) is 11.7 Å². The molecule has 0 atom stereocenters. The third-order valence-electron chi connectivity index (χ3n) is 3.22. The van der Waals surface area contributed by atoms with Crippen LogP contribution in [-0.4, -0.2) is 10.9 Å². The van der Waals surface area contributed by atoms with E-state index in [0.29, 0.717) is 16.4 Å². The normalized spacial score (nSPS) is 10.2. The van der Waals surface area contributed by atoms with Gasteiger partial charge in [-0.1, -0.05) is 17.7 Å². The van der Waals surface area contributed by atoms with Gasteiger partial charge in [0, 0.05) is 16.3 Å². The molecule has 3 aromatic rings. The second kappa shape index (κ2) is 7.10. The molecule has 4 nitrogen and oxygen atoms in total. The molecule has 0 aliphatic heterocycles. The monoisotopic (exact) mass is 341 g/mol. The van der Waals surface area contributed by atoms with Gasteiger partial charge in [0.25, 0.3) is 5.91 Å². The standard InChI is InChI=1S/C18H13ClFN3O/c19-13-2-1-3-15(10-13)22-16-8-9-17(21-11-16)23-18(24)12-4-6-14(20)7-5-12/h1-11,22H,(H,21,23,24). The molecule has 0 saturated heterocycles. The van der Waals surface area contributed by atoms with E-state index in [1.165, 1.54) is 24.3 Å². The zero-order valence-corrected chi connectivity index (χ0v) is 13.2. The van der Waals surface area contributed by atoms with Crippen LogP contribution in [0.15, 0.2) is 66.9 Å². The molecule has 120 valence electrons. The highest BCUT2D eigenvalue weighted by molar-refractivity contribution is 6.30. The number of pyridine rings is 1. The van der Waals surface area contributed by atoms with Crippen molar-refractivity contribution >= 4 is 34.7 Å². The van der Waals surface area contributed by atoms with Crippen molar-refractivity contribution in [3.8, 4) is 0 Å². The molecule has 24 heavy (non-hydrogen) atoms. The second-order valence-corrected chi connectivity index (χ2v) is 5.46. The van der Waals surface area contributed by atoms with Gasteiger partial charge in [0.05, 0.1) is 11.9 Å². The van der Waals surface area contributed by atoms with E-state index in [1.807, 2.05) is 12.1 Å². The van der Waals surface area contributed by atoms with Crippen LogP contribution in [0.5, 0.6) is 0 Å².